The van der Waals surface area contributed by atoms with Gasteiger partial charge in [-0.15, -0.1) is 0 Å². The average molecular weight is 477 g/mol. The molecule has 1 aromatic carbocycles. The fourth-order valence-corrected chi connectivity index (χ4v) is 4.13. The lowest BCUT2D eigenvalue weighted by Crippen LogP contribution is -2.25. The normalized spacial score (nSPS) is 13.8. The molecule has 0 atom stereocenters. The van der Waals surface area contributed by atoms with Crippen molar-refractivity contribution in [2.24, 2.45) is 0 Å². The lowest BCUT2D eigenvalue weighted by molar-refractivity contribution is 0.231. The van der Waals surface area contributed by atoms with Crippen molar-refractivity contribution in [2.75, 3.05) is 38.7 Å². The van der Waals surface area contributed by atoms with Gasteiger partial charge in [0.15, 0.2) is 11.6 Å². The number of fused-ring (bicyclic) bond motifs is 1. The Kier molecular flexibility index (Phi) is 6.53. The Hall–Kier alpha value is -4.05. The average Bonchev–Trinajstić information content (AvgIpc) is 3.39. The standard InChI is InChI=1S/C25H25FN6O3/c1-34-25-28-14-17(15-29-25)20-12-16-6-7-27-24(33)22(16)23(31-20)30-18-4-5-21(19(26)13-18)35-11-10-32-8-2-3-9-32/h4-7,12-15H,2-3,8-11H2,1H3,(H,27,33)(H,30,31). The van der Waals surface area contributed by atoms with Crippen molar-refractivity contribution in [3.05, 3.63) is 65.1 Å². The molecule has 180 valence electrons. The maximum atomic E-state index is 14.8. The summed E-state index contributed by atoms with van der Waals surface area (Å²) in [5, 5.41) is 4.11. The van der Waals surface area contributed by atoms with E-state index in [2.05, 4.69) is 30.2 Å². The number of aromatic nitrogens is 4. The van der Waals surface area contributed by atoms with E-state index in [1.807, 2.05) is 0 Å². The van der Waals surface area contributed by atoms with Crippen LogP contribution in [0.15, 0.2) is 53.7 Å². The Morgan fingerprint density at radius 1 is 1.14 bits per heavy atom. The van der Waals surface area contributed by atoms with Gasteiger partial charge in [0, 0.05) is 42.5 Å². The third-order valence-corrected chi connectivity index (χ3v) is 5.92. The van der Waals surface area contributed by atoms with Gasteiger partial charge in [-0.1, -0.05) is 0 Å². The molecule has 0 saturated carbocycles. The summed E-state index contributed by atoms with van der Waals surface area (Å²) in [4.78, 5) is 30.4. The van der Waals surface area contributed by atoms with E-state index < -0.39 is 5.82 Å². The summed E-state index contributed by atoms with van der Waals surface area (Å²) in [5.74, 6) is -0.0128. The number of hydrogen-bond acceptors (Lipinski definition) is 8. The number of benzene rings is 1. The summed E-state index contributed by atoms with van der Waals surface area (Å²) in [7, 11) is 1.49. The van der Waals surface area contributed by atoms with Crippen LogP contribution in [0.1, 0.15) is 12.8 Å². The highest BCUT2D eigenvalue weighted by Gasteiger charge is 2.14. The van der Waals surface area contributed by atoms with Crippen LogP contribution in [0.2, 0.25) is 0 Å². The molecule has 9 nitrogen and oxygen atoms in total. The highest BCUT2D eigenvalue weighted by molar-refractivity contribution is 5.95. The summed E-state index contributed by atoms with van der Waals surface area (Å²) >= 11 is 0. The van der Waals surface area contributed by atoms with Gasteiger partial charge in [-0.3, -0.25) is 9.69 Å². The molecule has 4 aromatic rings. The largest absolute Gasteiger partial charge is 0.489 e. The molecule has 1 saturated heterocycles. The van der Waals surface area contributed by atoms with Crippen LogP contribution in [0.3, 0.4) is 0 Å². The fraction of sp³-hybridized carbons (Fsp3) is 0.280. The van der Waals surface area contributed by atoms with Crippen LogP contribution >= 0.6 is 0 Å². The lowest BCUT2D eigenvalue weighted by atomic mass is 10.1. The quantitative estimate of drug-likeness (QED) is 0.396. The number of ether oxygens (including phenoxy) is 2. The van der Waals surface area contributed by atoms with E-state index in [1.165, 1.54) is 26.0 Å². The number of halogens is 1. The van der Waals surface area contributed by atoms with Crippen molar-refractivity contribution < 1.29 is 13.9 Å². The molecular formula is C25H25FN6O3. The van der Waals surface area contributed by atoms with Gasteiger partial charge in [0.2, 0.25) is 0 Å². The number of hydrogen-bond donors (Lipinski definition) is 2. The predicted molar refractivity (Wildman–Crippen MR) is 131 cm³/mol. The van der Waals surface area contributed by atoms with Gasteiger partial charge >= 0.3 is 6.01 Å². The van der Waals surface area contributed by atoms with Gasteiger partial charge in [0.1, 0.15) is 12.4 Å². The lowest BCUT2D eigenvalue weighted by Gasteiger charge is -2.16. The first-order valence-electron chi connectivity index (χ1n) is 11.4. The maximum absolute atomic E-state index is 14.8. The Labute approximate surface area is 201 Å². The number of likely N-dealkylation sites (tertiary alicyclic amines) is 1. The Balaban J connectivity index is 1.41. The minimum absolute atomic E-state index is 0.189. The first-order chi connectivity index (χ1) is 17.1. The number of rotatable bonds is 8. The second-order valence-electron chi connectivity index (χ2n) is 8.25. The molecule has 10 heteroatoms. The number of aromatic amines is 1. The van der Waals surface area contributed by atoms with Crippen LogP contribution in [0, 0.1) is 5.82 Å². The molecular weight excluding hydrogens is 451 g/mol. The summed E-state index contributed by atoms with van der Waals surface area (Å²) in [5.41, 5.74) is 1.33. The van der Waals surface area contributed by atoms with Gasteiger partial charge in [-0.2, -0.15) is 0 Å². The third-order valence-electron chi connectivity index (χ3n) is 5.92. The second-order valence-corrected chi connectivity index (χ2v) is 8.25. The van der Waals surface area contributed by atoms with E-state index in [1.54, 1.807) is 42.9 Å². The van der Waals surface area contributed by atoms with E-state index in [0.29, 0.717) is 34.3 Å². The fourth-order valence-electron chi connectivity index (χ4n) is 4.13. The summed E-state index contributed by atoms with van der Waals surface area (Å²) in [6.07, 6.45) is 7.15. The number of nitrogens with one attached hydrogen (secondary N) is 2. The van der Waals surface area contributed by atoms with Crippen LogP contribution in [-0.2, 0) is 0 Å². The molecule has 1 aliphatic heterocycles. The highest BCUT2D eigenvalue weighted by Crippen LogP contribution is 2.29. The number of methoxy groups -OCH3 is 1. The van der Waals surface area contributed by atoms with Crippen LogP contribution in [0.5, 0.6) is 11.8 Å². The molecule has 4 heterocycles. The molecule has 0 spiro atoms. The summed E-state index contributed by atoms with van der Waals surface area (Å²) < 4.78 is 25.4. The predicted octanol–water partition coefficient (Wildman–Crippen LogP) is 3.75. The van der Waals surface area contributed by atoms with E-state index in [9.17, 15) is 9.18 Å². The van der Waals surface area contributed by atoms with Crippen LogP contribution in [-0.4, -0.2) is 58.2 Å². The maximum Gasteiger partial charge on any atom is 0.316 e. The zero-order valence-electron chi connectivity index (χ0n) is 19.3. The van der Waals surface area contributed by atoms with Crippen molar-refractivity contribution in [3.63, 3.8) is 0 Å². The monoisotopic (exact) mass is 476 g/mol. The number of anilines is 2. The zero-order valence-corrected chi connectivity index (χ0v) is 19.3. The van der Waals surface area contributed by atoms with Crippen molar-refractivity contribution in [2.45, 2.75) is 12.8 Å². The molecule has 1 aliphatic rings. The van der Waals surface area contributed by atoms with Crippen molar-refractivity contribution in [1.82, 2.24) is 24.8 Å². The molecule has 0 unspecified atom stereocenters. The minimum Gasteiger partial charge on any atom is -0.489 e. The molecule has 35 heavy (non-hydrogen) atoms. The number of H-pyrrole nitrogens is 1. The van der Waals surface area contributed by atoms with Crippen LogP contribution < -0.4 is 20.3 Å². The van der Waals surface area contributed by atoms with Gasteiger partial charge in [0.25, 0.3) is 5.56 Å². The summed E-state index contributed by atoms with van der Waals surface area (Å²) in [6.45, 7) is 3.34. The molecule has 5 rings (SSSR count). The molecule has 1 fully saturated rings. The van der Waals surface area contributed by atoms with E-state index in [0.717, 1.165) is 19.6 Å². The van der Waals surface area contributed by atoms with E-state index >= 15 is 0 Å². The number of pyridine rings is 2. The topological polar surface area (TPSA) is 105 Å². The van der Waals surface area contributed by atoms with Crippen molar-refractivity contribution in [1.29, 1.82) is 0 Å². The second kappa shape index (κ2) is 10.1. The first-order valence-corrected chi connectivity index (χ1v) is 11.4. The van der Waals surface area contributed by atoms with Crippen molar-refractivity contribution in [3.8, 4) is 23.0 Å². The SMILES string of the molecule is COc1ncc(-c2cc3cc[nH]c(=O)c3c(Nc3ccc(OCCN4CCCC4)c(F)c3)n2)cn1. The molecule has 3 aromatic heterocycles. The zero-order chi connectivity index (χ0) is 24.2. The van der Waals surface area contributed by atoms with Gasteiger partial charge in [0.05, 0.1) is 18.2 Å². The molecule has 2 N–H and O–H groups in total. The summed E-state index contributed by atoms with van der Waals surface area (Å²) in [6, 6.07) is 8.40. The Morgan fingerprint density at radius 3 is 2.69 bits per heavy atom. The number of nitrogens with zero attached hydrogens (tertiary/aromatic N) is 4. The first kappa shape index (κ1) is 22.7. The smallest absolute Gasteiger partial charge is 0.316 e. The van der Waals surface area contributed by atoms with Gasteiger partial charge in [-0.05, 0) is 55.6 Å². The van der Waals surface area contributed by atoms with Gasteiger partial charge in [-0.25, -0.2) is 19.3 Å². The van der Waals surface area contributed by atoms with Crippen molar-refractivity contribution >= 4 is 22.3 Å². The van der Waals surface area contributed by atoms with Crippen LogP contribution in [0.4, 0.5) is 15.9 Å². The molecule has 0 bridgehead atoms. The molecule has 0 aliphatic carbocycles. The van der Waals surface area contributed by atoms with Crippen LogP contribution in [0.25, 0.3) is 22.0 Å². The third kappa shape index (κ3) is 5.07. The minimum atomic E-state index is -0.491. The molecule has 0 amide bonds. The highest BCUT2D eigenvalue weighted by atomic mass is 19.1. The Bertz CT molecular complexity index is 1390. The van der Waals surface area contributed by atoms with E-state index in [-0.39, 0.29) is 23.1 Å². The Morgan fingerprint density at radius 2 is 1.94 bits per heavy atom. The molecule has 0 radical (unpaired) electrons. The van der Waals surface area contributed by atoms with E-state index in [4.69, 9.17) is 9.47 Å². The van der Waals surface area contributed by atoms with Gasteiger partial charge < -0.3 is 19.8 Å².